The number of piperidine rings is 1. The highest BCUT2D eigenvalue weighted by Gasteiger charge is 2.42. The zero-order valence-electron chi connectivity index (χ0n) is 13.5. The van der Waals surface area contributed by atoms with E-state index in [0.717, 1.165) is 45.2 Å². The first-order valence-electron chi connectivity index (χ1n) is 8.31. The van der Waals surface area contributed by atoms with Crippen molar-refractivity contribution in [1.29, 1.82) is 0 Å². The maximum atomic E-state index is 13.1. The standard InChI is InChI=1S/C16H22N6O.ClH/c23-15(20-13-2-3-14-12(10-13)11-18-21-14)16(4-7-17-8-5-16)22-9-1-6-19-22;/h1,6,9,11,13,17H,2-5,7-8,10H2,(H,18,21)(H,20,23);1H. The Morgan fingerprint density at radius 2 is 2.21 bits per heavy atom. The van der Waals surface area contributed by atoms with E-state index >= 15 is 0 Å². The van der Waals surface area contributed by atoms with Crippen molar-refractivity contribution in [2.75, 3.05) is 13.1 Å². The molecule has 8 heteroatoms. The maximum Gasteiger partial charge on any atom is 0.248 e. The van der Waals surface area contributed by atoms with E-state index in [1.54, 1.807) is 6.20 Å². The molecule has 2 aromatic rings. The predicted octanol–water partition coefficient (Wildman–Crippen LogP) is 0.780. The van der Waals surface area contributed by atoms with E-state index in [1.807, 2.05) is 23.1 Å². The van der Waals surface area contributed by atoms with Gasteiger partial charge < -0.3 is 10.6 Å². The third-order valence-electron chi connectivity index (χ3n) is 5.15. The summed E-state index contributed by atoms with van der Waals surface area (Å²) in [7, 11) is 0. The molecule has 1 unspecified atom stereocenters. The number of hydrogen-bond acceptors (Lipinski definition) is 4. The fourth-order valence-corrected chi connectivity index (χ4v) is 3.78. The zero-order chi connectivity index (χ0) is 15.7. The van der Waals surface area contributed by atoms with Gasteiger partial charge in [-0.2, -0.15) is 10.2 Å². The molecule has 1 amide bonds. The molecule has 1 aliphatic carbocycles. The van der Waals surface area contributed by atoms with Gasteiger partial charge in [0.25, 0.3) is 0 Å². The second-order valence-electron chi connectivity index (χ2n) is 6.52. The van der Waals surface area contributed by atoms with Gasteiger partial charge in [0.2, 0.25) is 5.91 Å². The number of nitrogens with zero attached hydrogens (tertiary/aromatic N) is 3. The van der Waals surface area contributed by atoms with Crippen molar-refractivity contribution in [2.45, 2.75) is 43.7 Å². The summed E-state index contributed by atoms with van der Waals surface area (Å²) in [5, 5.41) is 18.1. The lowest BCUT2D eigenvalue weighted by Crippen LogP contribution is -2.57. The highest BCUT2D eigenvalue weighted by molar-refractivity contribution is 5.85. The predicted molar refractivity (Wildman–Crippen MR) is 92.1 cm³/mol. The van der Waals surface area contributed by atoms with Gasteiger partial charge in [0, 0.05) is 24.1 Å². The average Bonchev–Trinajstić information content (AvgIpc) is 3.27. The molecular weight excluding hydrogens is 328 g/mol. The monoisotopic (exact) mass is 350 g/mol. The molecule has 2 aromatic heterocycles. The van der Waals surface area contributed by atoms with Gasteiger partial charge in [0.1, 0.15) is 5.54 Å². The molecule has 0 bridgehead atoms. The van der Waals surface area contributed by atoms with Crippen LogP contribution in [0.4, 0.5) is 0 Å². The average molecular weight is 351 g/mol. The molecule has 2 aliphatic rings. The third kappa shape index (κ3) is 2.93. The normalized spacial score (nSPS) is 22.2. The lowest BCUT2D eigenvalue weighted by Gasteiger charge is -2.38. The number of amides is 1. The summed E-state index contributed by atoms with van der Waals surface area (Å²) in [4.78, 5) is 13.1. The van der Waals surface area contributed by atoms with Crippen LogP contribution in [0.5, 0.6) is 0 Å². The highest BCUT2D eigenvalue weighted by atomic mass is 35.5. The second-order valence-corrected chi connectivity index (χ2v) is 6.52. The van der Waals surface area contributed by atoms with Crippen LogP contribution in [0.25, 0.3) is 0 Å². The van der Waals surface area contributed by atoms with Crippen LogP contribution in [0.1, 0.15) is 30.5 Å². The number of nitrogens with one attached hydrogen (secondary N) is 3. The fraction of sp³-hybridized carbons (Fsp3) is 0.562. The molecule has 0 aromatic carbocycles. The Labute approximate surface area is 147 Å². The van der Waals surface area contributed by atoms with Gasteiger partial charge in [-0.3, -0.25) is 14.6 Å². The van der Waals surface area contributed by atoms with Gasteiger partial charge in [-0.15, -0.1) is 12.4 Å². The molecule has 1 fully saturated rings. The van der Waals surface area contributed by atoms with Crippen molar-refractivity contribution in [2.24, 2.45) is 0 Å². The number of rotatable bonds is 3. The van der Waals surface area contributed by atoms with Gasteiger partial charge in [-0.25, -0.2) is 0 Å². The first kappa shape index (κ1) is 17.0. The molecular formula is C16H23ClN6O. The summed E-state index contributed by atoms with van der Waals surface area (Å²) in [6.45, 7) is 1.67. The van der Waals surface area contributed by atoms with Crippen LogP contribution in [0, 0.1) is 0 Å². The Bertz CT molecular complexity index is 677. The first-order chi connectivity index (χ1) is 11.3. The van der Waals surface area contributed by atoms with Crippen molar-refractivity contribution in [1.82, 2.24) is 30.6 Å². The number of hydrogen-bond donors (Lipinski definition) is 3. The van der Waals surface area contributed by atoms with E-state index in [0.29, 0.717) is 0 Å². The number of fused-ring (bicyclic) bond motifs is 1. The molecule has 130 valence electrons. The van der Waals surface area contributed by atoms with Crippen LogP contribution in [-0.2, 0) is 23.2 Å². The minimum absolute atomic E-state index is 0. The van der Waals surface area contributed by atoms with Crippen LogP contribution in [0.2, 0.25) is 0 Å². The Morgan fingerprint density at radius 3 is 2.96 bits per heavy atom. The van der Waals surface area contributed by atoms with E-state index in [2.05, 4.69) is 25.9 Å². The molecule has 1 aliphatic heterocycles. The smallest absolute Gasteiger partial charge is 0.248 e. The number of aromatic amines is 1. The largest absolute Gasteiger partial charge is 0.351 e. The Hall–Kier alpha value is -1.86. The number of aromatic nitrogens is 4. The third-order valence-corrected chi connectivity index (χ3v) is 5.15. The topological polar surface area (TPSA) is 87.6 Å². The summed E-state index contributed by atoms with van der Waals surface area (Å²) < 4.78 is 1.84. The molecule has 0 radical (unpaired) electrons. The van der Waals surface area contributed by atoms with E-state index in [9.17, 15) is 4.79 Å². The lowest BCUT2D eigenvalue weighted by atomic mass is 9.86. The number of carbonyl (C=O) groups excluding carboxylic acids is 1. The Kier molecular flexibility index (Phi) is 4.91. The first-order valence-corrected chi connectivity index (χ1v) is 8.31. The van der Waals surface area contributed by atoms with Gasteiger partial charge in [-0.1, -0.05) is 0 Å². The highest BCUT2D eigenvalue weighted by Crippen LogP contribution is 2.28. The van der Waals surface area contributed by atoms with Gasteiger partial charge >= 0.3 is 0 Å². The summed E-state index contributed by atoms with van der Waals surface area (Å²) in [6.07, 6.45) is 9.81. The molecule has 3 heterocycles. The summed E-state index contributed by atoms with van der Waals surface area (Å²) in [6, 6.07) is 2.06. The number of carbonyl (C=O) groups is 1. The maximum absolute atomic E-state index is 13.1. The van der Waals surface area contributed by atoms with Crippen molar-refractivity contribution in [3.63, 3.8) is 0 Å². The van der Waals surface area contributed by atoms with Crippen LogP contribution in [-0.4, -0.2) is 45.0 Å². The Balaban J connectivity index is 0.00000169. The van der Waals surface area contributed by atoms with Crippen molar-refractivity contribution < 1.29 is 4.79 Å². The minimum atomic E-state index is -0.564. The molecule has 0 saturated carbocycles. The number of aryl methyl sites for hydroxylation is 1. The molecule has 1 saturated heterocycles. The fourth-order valence-electron chi connectivity index (χ4n) is 3.78. The molecule has 4 rings (SSSR count). The summed E-state index contributed by atoms with van der Waals surface area (Å²) in [5.41, 5.74) is 1.87. The minimum Gasteiger partial charge on any atom is -0.351 e. The summed E-state index contributed by atoms with van der Waals surface area (Å²) in [5.74, 6) is 0.0969. The van der Waals surface area contributed by atoms with Crippen molar-refractivity contribution in [3.05, 3.63) is 35.9 Å². The quantitative estimate of drug-likeness (QED) is 0.763. The van der Waals surface area contributed by atoms with Gasteiger partial charge in [-0.05, 0) is 56.8 Å². The number of H-pyrrole nitrogens is 1. The van der Waals surface area contributed by atoms with Crippen molar-refractivity contribution >= 4 is 18.3 Å². The van der Waals surface area contributed by atoms with Crippen molar-refractivity contribution in [3.8, 4) is 0 Å². The lowest BCUT2D eigenvalue weighted by molar-refractivity contribution is -0.132. The van der Waals surface area contributed by atoms with E-state index < -0.39 is 5.54 Å². The molecule has 1 atom stereocenters. The molecule has 24 heavy (non-hydrogen) atoms. The second kappa shape index (κ2) is 6.94. The summed E-state index contributed by atoms with van der Waals surface area (Å²) >= 11 is 0. The van der Waals surface area contributed by atoms with E-state index in [-0.39, 0.29) is 24.4 Å². The van der Waals surface area contributed by atoms with Crippen LogP contribution in [0.3, 0.4) is 0 Å². The number of halogens is 1. The molecule has 0 spiro atoms. The SMILES string of the molecule is Cl.O=C(NC1CCc2[nH]ncc2C1)C1(n2cccn2)CCNCC1. The van der Waals surface area contributed by atoms with Crippen LogP contribution in [0.15, 0.2) is 24.7 Å². The van der Waals surface area contributed by atoms with Gasteiger partial charge in [0.15, 0.2) is 0 Å². The van der Waals surface area contributed by atoms with E-state index in [4.69, 9.17) is 0 Å². The van der Waals surface area contributed by atoms with Gasteiger partial charge in [0.05, 0.1) is 6.20 Å². The van der Waals surface area contributed by atoms with Crippen LogP contribution < -0.4 is 10.6 Å². The van der Waals surface area contributed by atoms with E-state index in [1.165, 1.54) is 11.3 Å². The molecule has 3 N–H and O–H groups in total. The zero-order valence-corrected chi connectivity index (χ0v) is 14.3. The van der Waals surface area contributed by atoms with Crippen LogP contribution >= 0.6 is 12.4 Å². The molecule has 7 nitrogen and oxygen atoms in total. The Morgan fingerprint density at radius 1 is 1.38 bits per heavy atom.